The van der Waals surface area contributed by atoms with E-state index in [2.05, 4.69) is 115 Å². The summed E-state index contributed by atoms with van der Waals surface area (Å²) in [5, 5.41) is 6.07. The average molecular weight is 546 g/mol. The van der Waals surface area contributed by atoms with Crippen LogP contribution < -0.4 is 19.7 Å². The highest BCUT2D eigenvalue weighted by atomic mass is 32.2. The van der Waals surface area contributed by atoms with Crippen LogP contribution in [0.3, 0.4) is 0 Å². The van der Waals surface area contributed by atoms with Crippen LogP contribution in [0.1, 0.15) is 17.5 Å². The molecule has 0 unspecified atom stereocenters. The van der Waals surface area contributed by atoms with Crippen molar-refractivity contribution in [1.29, 1.82) is 0 Å². The van der Waals surface area contributed by atoms with Gasteiger partial charge in [0.15, 0.2) is 5.96 Å². The summed E-state index contributed by atoms with van der Waals surface area (Å²) in [5.74, 6) is 2.32. The molecule has 1 aromatic heterocycles. The zero-order valence-electron chi connectivity index (χ0n) is 22.6. The Morgan fingerprint density at radius 1 is 0.850 bits per heavy atom. The minimum absolute atomic E-state index is 0.882. The van der Waals surface area contributed by atoms with Gasteiger partial charge in [-0.15, -0.1) is 0 Å². The fourth-order valence-electron chi connectivity index (χ4n) is 6.59. The number of rotatable bonds is 3. The highest BCUT2D eigenvalue weighted by Gasteiger charge is 2.32. The van der Waals surface area contributed by atoms with E-state index in [0.717, 1.165) is 51.8 Å². The monoisotopic (exact) mass is 545 g/mol. The summed E-state index contributed by atoms with van der Waals surface area (Å²) >= 11 is 1.92. The molecule has 0 radical (unpaired) electrons. The minimum atomic E-state index is 0.882. The van der Waals surface area contributed by atoms with E-state index in [1.54, 1.807) is 0 Å². The number of aryl methyl sites for hydroxylation is 1. The van der Waals surface area contributed by atoms with Crippen molar-refractivity contribution in [2.24, 2.45) is 4.99 Å². The van der Waals surface area contributed by atoms with E-state index < -0.39 is 0 Å². The molecule has 0 aliphatic carbocycles. The zero-order chi connectivity index (χ0) is 26.5. The molecule has 1 saturated heterocycles. The zero-order valence-corrected chi connectivity index (χ0v) is 23.4. The maximum Gasteiger partial charge on any atom is 0.282 e. The number of aliphatic imine (C=N–C) groups is 1. The topological polar surface area (TPSA) is 38.0 Å². The lowest BCUT2D eigenvalue weighted by atomic mass is 10.0. The summed E-state index contributed by atoms with van der Waals surface area (Å²) in [4.78, 5) is 13.6. The Labute approximate surface area is 239 Å². The third-order valence-electron chi connectivity index (χ3n) is 8.48. The molecule has 7 heteroatoms. The number of anilines is 2. The van der Waals surface area contributed by atoms with Crippen LogP contribution in [0.5, 0.6) is 0 Å². The van der Waals surface area contributed by atoms with Gasteiger partial charge in [-0.25, -0.2) is 0 Å². The molecular formula is C33H33N6S+. The van der Waals surface area contributed by atoms with Crippen molar-refractivity contribution in [3.63, 3.8) is 0 Å². The average Bonchev–Trinajstić information content (AvgIpc) is 3.68. The number of aromatic nitrogens is 1. The first-order valence-corrected chi connectivity index (χ1v) is 15.3. The van der Waals surface area contributed by atoms with Gasteiger partial charge in [0.2, 0.25) is 0 Å². The molecule has 5 heterocycles. The molecule has 0 amide bonds. The van der Waals surface area contributed by atoms with Gasteiger partial charge in [0, 0.05) is 29.4 Å². The molecular weight excluding hydrogens is 512 g/mol. The number of hydrogen-bond donors (Lipinski definition) is 1. The van der Waals surface area contributed by atoms with E-state index in [1.807, 2.05) is 11.8 Å². The number of para-hydroxylation sites is 3. The fourth-order valence-corrected chi connectivity index (χ4v) is 7.78. The molecule has 0 bridgehead atoms. The van der Waals surface area contributed by atoms with E-state index >= 15 is 0 Å². The number of piperazine rings is 1. The van der Waals surface area contributed by atoms with Crippen molar-refractivity contribution in [3.8, 4) is 5.69 Å². The molecule has 4 aliphatic heterocycles. The van der Waals surface area contributed by atoms with Crippen LogP contribution in [0.4, 0.5) is 11.5 Å². The van der Waals surface area contributed by atoms with Gasteiger partial charge in [0.05, 0.1) is 30.4 Å². The van der Waals surface area contributed by atoms with Gasteiger partial charge in [-0.05, 0) is 54.3 Å². The predicted octanol–water partition coefficient (Wildman–Crippen LogP) is 5.05. The summed E-state index contributed by atoms with van der Waals surface area (Å²) < 4.78 is 2.45. The molecule has 40 heavy (non-hydrogen) atoms. The van der Waals surface area contributed by atoms with E-state index in [0.29, 0.717) is 0 Å². The lowest BCUT2D eigenvalue weighted by Crippen LogP contribution is -2.54. The molecule has 6 nitrogen and oxygen atoms in total. The van der Waals surface area contributed by atoms with Gasteiger partial charge < -0.3 is 15.1 Å². The smallest absolute Gasteiger partial charge is 0.282 e. The molecule has 0 saturated carbocycles. The largest absolute Gasteiger partial charge is 0.354 e. The number of thioether (sulfide) groups is 1. The van der Waals surface area contributed by atoms with Gasteiger partial charge in [-0.3, -0.25) is 9.89 Å². The highest BCUT2D eigenvalue weighted by Crippen LogP contribution is 2.50. The van der Waals surface area contributed by atoms with Crippen molar-refractivity contribution < 1.29 is 4.57 Å². The van der Waals surface area contributed by atoms with E-state index in [4.69, 9.17) is 0 Å². The predicted molar refractivity (Wildman–Crippen MR) is 166 cm³/mol. The maximum atomic E-state index is 4.67. The summed E-state index contributed by atoms with van der Waals surface area (Å²) in [6, 6.07) is 28.9. The molecule has 200 valence electrons. The number of benzene rings is 3. The summed E-state index contributed by atoms with van der Waals surface area (Å²) in [7, 11) is 0. The second kappa shape index (κ2) is 9.89. The van der Waals surface area contributed by atoms with Crippen molar-refractivity contribution in [2.45, 2.75) is 17.7 Å². The Morgan fingerprint density at radius 2 is 1.68 bits per heavy atom. The number of hydrogen-bond acceptors (Lipinski definition) is 6. The summed E-state index contributed by atoms with van der Waals surface area (Å²) in [5.41, 5.74) is 6.64. The highest BCUT2D eigenvalue weighted by molar-refractivity contribution is 8.03. The quantitative estimate of drug-likeness (QED) is 0.365. The fraction of sp³-hybridized carbons (Fsp3) is 0.273. The number of guanidine groups is 1. The van der Waals surface area contributed by atoms with Gasteiger partial charge >= 0.3 is 0 Å². The Kier molecular flexibility index (Phi) is 5.91. The number of fused-ring (bicyclic) bond motifs is 1. The van der Waals surface area contributed by atoms with Gasteiger partial charge in [-0.1, -0.05) is 60.3 Å². The summed E-state index contributed by atoms with van der Waals surface area (Å²) in [6.45, 7) is 6.76. The first-order chi connectivity index (χ1) is 19.8. The standard InChI is InChI=1S/C33H33N6S/c1-2-10-26(11-3-1)39-28-13-5-4-12-27(28)25(22-30(39)36-18-20-37(21-19-36)33-34-15-16-35-33)23-31-38-17-7-9-24-8-6-14-29(40-31)32(24)38/h1-6,8,10-14,22-23H,7,9,15-21H2,(H,34,35)/q+1. The molecule has 8 rings (SSSR count). The van der Waals surface area contributed by atoms with Gasteiger partial charge in [-0.2, -0.15) is 4.57 Å². The van der Waals surface area contributed by atoms with E-state index in [-0.39, 0.29) is 0 Å². The molecule has 0 spiro atoms. The normalized spacial score (nSPS) is 19.2. The Hall–Kier alpha value is -3.97. The number of nitrogens with one attached hydrogen (secondary N) is 1. The maximum absolute atomic E-state index is 4.67. The Balaban J connectivity index is 1.25. The number of pyridine rings is 1. The lowest BCUT2D eigenvalue weighted by Gasteiger charge is -2.33. The molecule has 4 aromatic rings. The first-order valence-electron chi connectivity index (χ1n) is 14.4. The van der Waals surface area contributed by atoms with Crippen LogP contribution in [-0.4, -0.2) is 56.7 Å². The Morgan fingerprint density at radius 3 is 2.52 bits per heavy atom. The third kappa shape index (κ3) is 4.03. The van der Waals surface area contributed by atoms with Crippen LogP contribution in [-0.2, 0) is 6.42 Å². The SMILES string of the molecule is C(=C1Sc2cccc3c2N1CCC3)c1cc(N2CCN(C3=NCCN3)CC2)[n+](-c2ccccc2)c2ccccc12. The van der Waals surface area contributed by atoms with Gasteiger partial charge in [0.1, 0.15) is 24.3 Å². The van der Waals surface area contributed by atoms with E-state index in [9.17, 15) is 0 Å². The molecule has 1 N–H and O–H groups in total. The minimum Gasteiger partial charge on any atom is -0.354 e. The van der Waals surface area contributed by atoms with Crippen LogP contribution in [0.25, 0.3) is 22.7 Å². The molecule has 1 fully saturated rings. The second-order valence-electron chi connectivity index (χ2n) is 10.9. The van der Waals surface area contributed by atoms with Crippen molar-refractivity contribution in [3.05, 3.63) is 95.0 Å². The van der Waals surface area contributed by atoms with Crippen molar-refractivity contribution in [2.75, 3.05) is 55.6 Å². The Bertz CT molecular complexity index is 1650. The number of nitrogens with zero attached hydrogens (tertiary/aromatic N) is 5. The molecule has 4 aliphatic rings. The summed E-state index contributed by atoms with van der Waals surface area (Å²) in [6.07, 6.45) is 4.82. The van der Waals surface area contributed by atoms with Gasteiger partial charge in [0.25, 0.3) is 5.82 Å². The van der Waals surface area contributed by atoms with Crippen LogP contribution >= 0.6 is 11.8 Å². The van der Waals surface area contributed by atoms with Crippen molar-refractivity contribution in [1.82, 2.24) is 10.2 Å². The van der Waals surface area contributed by atoms with Crippen LogP contribution in [0.15, 0.2) is 93.8 Å². The molecule has 3 aromatic carbocycles. The molecule has 0 atom stereocenters. The lowest BCUT2D eigenvalue weighted by molar-refractivity contribution is -0.554. The van der Waals surface area contributed by atoms with E-state index in [1.165, 1.54) is 62.0 Å². The second-order valence-corrected chi connectivity index (χ2v) is 11.9. The van der Waals surface area contributed by atoms with Crippen LogP contribution in [0, 0.1) is 0 Å². The first kappa shape index (κ1) is 23.9. The van der Waals surface area contributed by atoms with Crippen LogP contribution in [0.2, 0.25) is 0 Å². The van der Waals surface area contributed by atoms with Crippen molar-refractivity contribution >= 4 is 46.2 Å². The third-order valence-corrected chi connectivity index (χ3v) is 9.58.